The molecule has 1 saturated heterocycles. The molecule has 0 unspecified atom stereocenters. The van der Waals surface area contributed by atoms with Crippen molar-refractivity contribution in [1.29, 1.82) is 0 Å². The molecule has 0 radical (unpaired) electrons. The van der Waals surface area contributed by atoms with Gasteiger partial charge in [0.15, 0.2) is 5.65 Å². The van der Waals surface area contributed by atoms with Crippen LogP contribution >= 0.6 is 0 Å². The maximum atomic E-state index is 11.8. The fourth-order valence-electron chi connectivity index (χ4n) is 2.68. The summed E-state index contributed by atoms with van der Waals surface area (Å²) in [6.45, 7) is 6.74. The summed E-state index contributed by atoms with van der Waals surface area (Å²) in [4.78, 5) is 41.0. The number of nitrogens with zero attached hydrogens (tertiary/aromatic N) is 4. The number of carbonyl (C=O) groups excluding carboxylic acids is 1. The molecule has 29 heavy (non-hydrogen) atoms. The topological polar surface area (TPSA) is 136 Å². The summed E-state index contributed by atoms with van der Waals surface area (Å²) in [5.74, 6) is -0.531. The van der Waals surface area contributed by atoms with Gasteiger partial charge in [0, 0.05) is 21.2 Å². The summed E-state index contributed by atoms with van der Waals surface area (Å²) in [7, 11) is 0.731. The molecule has 0 spiro atoms. The Morgan fingerprint density at radius 2 is 1.90 bits per heavy atom. The van der Waals surface area contributed by atoms with Crippen LogP contribution in [0.2, 0.25) is 0 Å². The number of ether oxygens (including phenoxy) is 1. The van der Waals surface area contributed by atoms with Crippen LogP contribution in [-0.2, 0) is 33.7 Å². The second-order valence-electron chi connectivity index (χ2n) is 6.32. The smallest absolute Gasteiger partial charge is 0.332 e. The van der Waals surface area contributed by atoms with Crippen molar-refractivity contribution < 1.29 is 17.9 Å². The van der Waals surface area contributed by atoms with E-state index in [1.165, 1.54) is 31.1 Å². The first-order valence-corrected chi connectivity index (χ1v) is 9.97. The Labute approximate surface area is 167 Å². The van der Waals surface area contributed by atoms with E-state index in [9.17, 15) is 22.8 Å². The molecule has 3 rings (SSSR count). The lowest BCUT2D eigenvalue weighted by atomic mass is 10.2. The highest BCUT2D eigenvalue weighted by Gasteiger charge is 2.43. The summed E-state index contributed by atoms with van der Waals surface area (Å²) < 4.78 is 31.8. The quantitative estimate of drug-likeness (QED) is 0.662. The molecule has 0 aliphatic carbocycles. The van der Waals surface area contributed by atoms with Crippen LogP contribution in [0.3, 0.4) is 0 Å². The van der Waals surface area contributed by atoms with E-state index in [1.54, 1.807) is 20.9 Å². The lowest BCUT2D eigenvalue weighted by Crippen LogP contribution is -2.36. The van der Waals surface area contributed by atoms with Crippen LogP contribution in [0, 0.1) is 0 Å². The normalized spacial score (nSPS) is 18.2. The third-order valence-electron chi connectivity index (χ3n) is 4.50. The number of aromatic amines is 1. The molecule has 1 atom stereocenters. The third kappa shape index (κ3) is 3.80. The van der Waals surface area contributed by atoms with E-state index in [0.717, 1.165) is 8.87 Å². The lowest BCUT2D eigenvalue weighted by molar-refractivity contribution is -0.122. The van der Waals surface area contributed by atoms with E-state index < -0.39 is 15.9 Å². The molecule has 0 saturated carbocycles. The molecule has 1 N–H and O–H groups in total. The summed E-state index contributed by atoms with van der Waals surface area (Å²) in [5.41, 5.74) is 0.154. The average Bonchev–Trinajstić information content (AvgIpc) is 3.24. The maximum absolute atomic E-state index is 11.8. The van der Waals surface area contributed by atoms with Crippen LogP contribution in [0.15, 0.2) is 39.0 Å². The first-order chi connectivity index (χ1) is 13.5. The van der Waals surface area contributed by atoms with Crippen molar-refractivity contribution in [1.82, 2.24) is 23.4 Å². The third-order valence-corrected chi connectivity index (χ3v) is 6.24. The highest BCUT2D eigenvalue weighted by Crippen LogP contribution is 2.30. The van der Waals surface area contributed by atoms with Gasteiger partial charge in [-0.1, -0.05) is 12.7 Å². The molecule has 1 amide bonds. The van der Waals surface area contributed by atoms with Gasteiger partial charge in [-0.3, -0.25) is 18.7 Å². The summed E-state index contributed by atoms with van der Waals surface area (Å²) in [6.07, 6.45) is 2.51. The van der Waals surface area contributed by atoms with Crippen LogP contribution in [0.5, 0.6) is 0 Å². The highest BCUT2D eigenvalue weighted by atomic mass is 32.2. The van der Waals surface area contributed by atoms with E-state index >= 15 is 0 Å². The summed E-state index contributed by atoms with van der Waals surface area (Å²) in [6, 6.07) is 0. The number of sulfonamides is 1. The number of imidazole rings is 1. The van der Waals surface area contributed by atoms with Gasteiger partial charge in [0.1, 0.15) is 5.52 Å². The molecule has 2 aromatic rings. The Bertz CT molecular complexity index is 1220. The second-order valence-corrected chi connectivity index (χ2v) is 8.20. The first kappa shape index (κ1) is 22.3. The molecule has 11 nitrogen and oxygen atoms in total. The highest BCUT2D eigenvalue weighted by molar-refractivity contribution is 7.94. The number of carbonyl (C=O) groups is 1. The Hall–Kier alpha value is -2.99. The van der Waals surface area contributed by atoms with E-state index in [-0.39, 0.29) is 34.4 Å². The molecule has 1 fully saturated rings. The van der Waals surface area contributed by atoms with E-state index in [4.69, 9.17) is 4.74 Å². The van der Waals surface area contributed by atoms with Crippen molar-refractivity contribution in [2.45, 2.75) is 20.0 Å². The van der Waals surface area contributed by atoms with Crippen LogP contribution < -0.4 is 11.2 Å². The predicted molar refractivity (Wildman–Crippen MR) is 107 cm³/mol. The predicted octanol–water partition coefficient (Wildman–Crippen LogP) is -0.386. The van der Waals surface area contributed by atoms with Gasteiger partial charge < -0.3 is 9.72 Å². The van der Waals surface area contributed by atoms with Crippen molar-refractivity contribution in [2.75, 3.05) is 13.7 Å². The van der Waals surface area contributed by atoms with Gasteiger partial charge in [0.05, 0.1) is 29.5 Å². The number of amides is 1. The van der Waals surface area contributed by atoms with Crippen molar-refractivity contribution in [2.24, 2.45) is 14.1 Å². The average molecular weight is 425 g/mol. The maximum Gasteiger partial charge on any atom is 0.332 e. The van der Waals surface area contributed by atoms with Gasteiger partial charge in [-0.2, -0.15) is 0 Å². The van der Waals surface area contributed by atoms with Crippen molar-refractivity contribution in [3.63, 3.8) is 0 Å². The van der Waals surface area contributed by atoms with E-state index in [2.05, 4.69) is 16.5 Å². The molecule has 3 heterocycles. The Balaban J connectivity index is 0.000000211. The van der Waals surface area contributed by atoms with Gasteiger partial charge in [-0.25, -0.2) is 22.5 Å². The zero-order chi connectivity index (χ0) is 22.1. The molecule has 0 aromatic carbocycles. The molecule has 1 aliphatic heterocycles. The zero-order valence-corrected chi connectivity index (χ0v) is 17.6. The number of hydrogen-bond acceptors (Lipinski definition) is 7. The SMILES string of the molecule is C=C1C(=CC)C(=O)N(C[C@H](C)OC)S1(=O)=O.Cn1c(=O)c2[nH]cnc2n(C)c1=O. The molecule has 2 aromatic heterocycles. The molecular formula is C17H23N5O6S. The number of rotatable bonds is 3. The number of aromatic nitrogens is 4. The minimum Gasteiger partial charge on any atom is -0.380 e. The van der Waals surface area contributed by atoms with Gasteiger partial charge >= 0.3 is 5.69 Å². The Morgan fingerprint density at radius 3 is 2.41 bits per heavy atom. The zero-order valence-electron chi connectivity index (χ0n) is 16.8. The number of nitrogens with one attached hydrogen (secondary N) is 1. The molecular weight excluding hydrogens is 402 g/mol. The molecule has 1 aliphatic rings. The van der Waals surface area contributed by atoms with Crippen LogP contribution in [-0.4, -0.2) is 57.5 Å². The summed E-state index contributed by atoms with van der Waals surface area (Å²) >= 11 is 0. The minimum atomic E-state index is -3.74. The monoisotopic (exact) mass is 425 g/mol. The largest absolute Gasteiger partial charge is 0.380 e. The minimum absolute atomic E-state index is 0.00796. The van der Waals surface area contributed by atoms with Crippen LogP contribution in [0.4, 0.5) is 0 Å². The fourth-order valence-corrected chi connectivity index (χ4v) is 4.15. The molecule has 0 bridgehead atoms. The molecule has 158 valence electrons. The number of hydrogen-bond donors (Lipinski definition) is 1. The van der Waals surface area contributed by atoms with Gasteiger partial charge in [0.2, 0.25) is 0 Å². The van der Waals surface area contributed by atoms with Crippen molar-refractivity contribution in [3.05, 3.63) is 50.3 Å². The van der Waals surface area contributed by atoms with Crippen LogP contribution in [0.1, 0.15) is 13.8 Å². The number of fused-ring (bicyclic) bond motifs is 1. The van der Waals surface area contributed by atoms with Crippen molar-refractivity contribution in [3.8, 4) is 0 Å². The van der Waals surface area contributed by atoms with E-state index in [0.29, 0.717) is 11.2 Å². The number of H-pyrrole nitrogens is 1. The van der Waals surface area contributed by atoms with Gasteiger partial charge in [-0.05, 0) is 13.8 Å². The number of allylic oxidation sites excluding steroid dienone is 1. The Kier molecular flexibility index (Phi) is 6.28. The number of methoxy groups -OCH3 is 1. The lowest BCUT2D eigenvalue weighted by Gasteiger charge is -2.18. The first-order valence-electron chi connectivity index (χ1n) is 8.53. The van der Waals surface area contributed by atoms with Crippen LogP contribution in [0.25, 0.3) is 11.2 Å². The van der Waals surface area contributed by atoms with Gasteiger partial charge in [0.25, 0.3) is 21.5 Å². The van der Waals surface area contributed by atoms with E-state index in [1.807, 2.05) is 0 Å². The number of aryl methyl sites for hydroxylation is 1. The Morgan fingerprint density at radius 1 is 1.28 bits per heavy atom. The standard InChI is InChI=1S/C10H15NO4S.C7H8N4O2/c1-5-9-8(3)16(13,14)11(10(9)12)6-7(2)15-4;1-10-5-4(8-3-9-5)6(12)11(2)7(10)13/h5,7H,3,6H2,1-2,4H3;3H,1-2H3,(H,8,9)/t7-;/m0./s1. The fraction of sp³-hybridized carbons (Fsp3) is 0.412. The summed E-state index contributed by atoms with van der Waals surface area (Å²) in [5, 5.41) is 0. The van der Waals surface area contributed by atoms with Crippen molar-refractivity contribution >= 4 is 27.1 Å². The van der Waals surface area contributed by atoms with Gasteiger partial charge in [-0.15, -0.1) is 0 Å². The molecule has 12 heteroatoms. The second kappa shape index (κ2) is 8.17.